The standard InChI is InChI=1S/C22H26N4O2S/c1-2-23-22(25-13-18-15-28-21(26-18)20-8-5-11-29-20)24-12-17-6-3-4-7-19(17)27-14-16-9-10-16/h3-8,11,15-16H,2,9-10,12-14H2,1H3,(H2,23,24,25). The Kier molecular flexibility index (Phi) is 6.46. The van der Waals surface area contributed by atoms with Gasteiger partial charge in [0.2, 0.25) is 5.89 Å². The zero-order valence-corrected chi connectivity index (χ0v) is 17.4. The van der Waals surface area contributed by atoms with Crippen LogP contribution in [0.4, 0.5) is 0 Å². The van der Waals surface area contributed by atoms with E-state index in [1.165, 1.54) is 12.8 Å². The first kappa shape index (κ1) is 19.5. The lowest BCUT2D eigenvalue weighted by molar-refractivity contribution is 0.297. The maximum absolute atomic E-state index is 5.99. The molecule has 2 heterocycles. The quantitative estimate of drug-likeness (QED) is 0.403. The molecule has 1 aliphatic rings. The summed E-state index contributed by atoms with van der Waals surface area (Å²) in [4.78, 5) is 10.3. The number of guanidine groups is 1. The Balaban J connectivity index is 1.36. The minimum Gasteiger partial charge on any atom is -0.493 e. The van der Waals surface area contributed by atoms with Crippen molar-refractivity contribution >= 4 is 17.3 Å². The van der Waals surface area contributed by atoms with Crippen LogP contribution >= 0.6 is 11.3 Å². The molecule has 2 aromatic heterocycles. The Morgan fingerprint density at radius 1 is 1.24 bits per heavy atom. The number of ether oxygens (including phenoxy) is 1. The first-order valence-electron chi connectivity index (χ1n) is 10.0. The molecule has 6 nitrogen and oxygen atoms in total. The number of aromatic nitrogens is 1. The molecule has 7 heteroatoms. The molecule has 0 amide bonds. The molecule has 0 unspecified atom stereocenters. The molecule has 0 aliphatic heterocycles. The maximum Gasteiger partial charge on any atom is 0.236 e. The monoisotopic (exact) mass is 410 g/mol. The summed E-state index contributed by atoms with van der Waals surface area (Å²) in [6, 6.07) is 12.1. The minimum absolute atomic E-state index is 0.542. The minimum atomic E-state index is 0.542. The summed E-state index contributed by atoms with van der Waals surface area (Å²) in [7, 11) is 0. The molecule has 0 bridgehead atoms. The van der Waals surface area contributed by atoms with Gasteiger partial charge in [0.1, 0.15) is 12.0 Å². The van der Waals surface area contributed by atoms with Gasteiger partial charge in [-0.05, 0) is 43.2 Å². The predicted octanol–water partition coefficient (Wildman–Crippen LogP) is 4.45. The van der Waals surface area contributed by atoms with Gasteiger partial charge in [0.25, 0.3) is 0 Å². The highest BCUT2D eigenvalue weighted by Crippen LogP contribution is 2.30. The lowest BCUT2D eigenvalue weighted by atomic mass is 10.2. The third kappa shape index (κ3) is 5.60. The number of hydrogen-bond acceptors (Lipinski definition) is 5. The number of aliphatic imine (C=N–C) groups is 1. The molecule has 0 spiro atoms. The largest absolute Gasteiger partial charge is 0.493 e. The van der Waals surface area contributed by atoms with Crippen molar-refractivity contribution in [3.63, 3.8) is 0 Å². The average Bonchev–Trinajstić information content (AvgIpc) is 3.20. The molecule has 152 valence electrons. The van der Waals surface area contributed by atoms with Crippen LogP contribution in [0, 0.1) is 5.92 Å². The van der Waals surface area contributed by atoms with Crippen molar-refractivity contribution in [2.45, 2.75) is 32.9 Å². The number of oxazole rings is 1. The van der Waals surface area contributed by atoms with Crippen molar-refractivity contribution < 1.29 is 9.15 Å². The van der Waals surface area contributed by atoms with Crippen molar-refractivity contribution in [2.24, 2.45) is 10.9 Å². The summed E-state index contributed by atoms with van der Waals surface area (Å²) >= 11 is 1.61. The van der Waals surface area contributed by atoms with Gasteiger partial charge < -0.3 is 19.8 Å². The predicted molar refractivity (Wildman–Crippen MR) is 116 cm³/mol. The summed E-state index contributed by atoms with van der Waals surface area (Å²) in [5.41, 5.74) is 1.93. The number of para-hydroxylation sites is 1. The second-order valence-corrected chi connectivity index (χ2v) is 7.98. The fourth-order valence-corrected chi connectivity index (χ4v) is 3.50. The topological polar surface area (TPSA) is 71.7 Å². The molecule has 4 rings (SSSR count). The molecule has 3 aromatic rings. The van der Waals surface area contributed by atoms with Gasteiger partial charge in [0.15, 0.2) is 5.96 Å². The summed E-state index contributed by atoms with van der Waals surface area (Å²) < 4.78 is 11.6. The molecular formula is C22H26N4O2S. The maximum atomic E-state index is 5.99. The van der Waals surface area contributed by atoms with Crippen LogP contribution in [0.15, 0.2) is 57.5 Å². The summed E-state index contributed by atoms with van der Waals surface area (Å²) in [5, 5.41) is 8.62. The SMILES string of the molecule is CCNC(=NCc1ccccc1OCC1CC1)NCc1coc(-c2cccs2)n1. The lowest BCUT2D eigenvalue weighted by Gasteiger charge is -2.12. The number of nitrogens with one attached hydrogen (secondary N) is 2. The third-order valence-corrected chi connectivity index (χ3v) is 5.47. The lowest BCUT2D eigenvalue weighted by Crippen LogP contribution is -2.36. The average molecular weight is 411 g/mol. The van der Waals surface area contributed by atoms with E-state index in [1.54, 1.807) is 17.6 Å². The Morgan fingerprint density at radius 2 is 2.14 bits per heavy atom. The van der Waals surface area contributed by atoms with E-state index in [0.29, 0.717) is 19.0 Å². The van der Waals surface area contributed by atoms with Crippen molar-refractivity contribution in [3.05, 3.63) is 59.3 Å². The molecule has 1 fully saturated rings. The zero-order chi connectivity index (χ0) is 19.9. The number of hydrogen-bond donors (Lipinski definition) is 2. The Bertz CT molecular complexity index is 932. The van der Waals surface area contributed by atoms with Gasteiger partial charge in [0, 0.05) is 12.1 Å². The van der Waals surface area contributed by atoms with Crippen molar-refractivity contribution in [3.8, 4) is 16.5 Å². The summed E-state index contributed by atoms with van der Waals surface area (Å²) in [5.74, 6) is 3.05. The van der Waals surface area contributed by atoms with Crippen LogP contribution in [0.3, 0.4) is 0 Å². The van der Waals surface area contributed by atoms with Gasteiger partial charge in [-0.25, -0.2) is 9.98 Å². The van der Waals surface area contributed by atoms with Gasteiger partial charge in [0.05, 0.1) is 30.3 Å². The van der Waals surface area contributed by atoms with Gasteiger partial charge in [-0.2, -0.15) is 0 Å². The molecule has 0 saturated heterocycles. The Hall–Kier alpha value is -2.80. The van der Waals surface area contributed by atoms with Crippen LogP contribution < -0.4 is 15.4 Å². The van der Waals surface area contributed by atoms with Crippen LogP contribution in [-0.4, -0.2) is 24.1 Å². The second-order valence-electron chi connectivity index (χ2n) is 7.03. The van der Waals surface area contributed by atoms with Gasteiger partial charge in [-0.1, -0.05) is 24.3 Å². The Morgan fingerprint density at radius 3 is 2.93 bits per heavy atom. The zero-order valence-electron chi connectivity index (χ0n) is 16.6. The van der Waals surface area contributed by atoms with E-state index in [0.717, 1.165) is 46.9 Å². The van der Waals surface area contributed by atoms with Gasteiger partial charge >= 0.3 is 0 Å². The second kappa shape index (κ2) is 9.60. The normalized spacial score (nSPS) is 14.0. The summed E-state index contributed by atoms with van der Waals surface area (Å²) in [6.45, 7) is 4.73. The van der Waals surface area contributed by atoms with E-state index in [9.17, 15) is 0 Å². The van der Waals surface area contributed by atoms with Crippen molar-refractivity contribution in [1.29, 1.82) is 0 Å². The summed E-state index contributed by atoms with van der Waals surface area (Å²) in [6.07, 6.45) is 4.25. The number of benzene rings is 1. The highest BCUT2D eigenvalue weighted by molar-refractivity contribution is 7.13. The van der Waals surface area contributed by atoms with E-state index in [2.05, 4.69) is 28.6 Å². The first-order chi connectivity index (χ1) is 14.3. The molecule has 2 N–H and O–H groups in total. The Labute approximate surface area is 175 Å². The smallest absolute Gasteiger partial charge is 0.236 e. The third-order valence-electron chi connectivity index (χ3n) is 4.62. The fraction of sp³-hybridized carbons (Fsp3) is 0.364. The first-order valence-corrected chi connectivity index (χ1v) is 10.9. The van der Waals surface area contributed by atoms with Crippen molar-refractivity contribution in [1.82, 2.24) is 15.6 Å². The van der Waals surface area contributed by atoms with Crippen LogP contribution in [0.2, 0.25) is 0 Å². The van der Waals surface area contributed by atoms with E-state index >= 15 is 0 Å². The molecule has 0 atom stereocenters. The number of rotatable bonds is 9. The molecule has 29 heavy (non-hydrogen) atoms. The molecule has 0 radical (unpaired) electrons. The van der Waals surface area contributed by atoms with Gasteiger partial charge in [-0.15, -0.1) is 11.3 Å². The number of thiophene rings is 1. The molecular weight excluding hydrogens is 384 g/mol. The molecule has 1 saturated carbocycles. The highest BCUT2D eigenvalue weighted by atomic mass is 32.1. The van der Waals surface area contributed by atoms with Crippen molar-refractivity contribution in [2.75, 3.05) is 13.2 Å². The molecule has 1 aromatic carbocycles. The van der Waals surface area contributed by atoms with E-state index < -0.39 is 0 Å². The highest BCUT2D eigenvalue weighted by Gasteiger charge is 2.22. The van der Waals surface area contributed by atoms with Gasteiger partial charge in [-0.3, -0.25) is 0 Å². The molecule has 1 aliphatic carbocycles. The van der Waals surface area contributed by atoms with E-state index in [4.69, 9.17) is 14.1 Å². The van der Waals surface area contributed by atoms with E-state index in [1.807, 2.05) is 35.7 Å². The van der Waals surface area contributed by atoms with Crippen LogP contribution in [0.5, 0.6) is 5.75 Å². The van der Waals surface area contributed by atoms with Crippen LogP contribution in [-0.2, 0) is 13.1 Å². The fourth-order valence-electron chi connectivity index (χ4n) is 2.85. The van der Waals surface area contributed by atoms with Crippen LogP contribution in [0.25, 0.3) is 10.8 Å². The number of nitrogens with zero attached hydrogens (tertiary/aromatic N) is 2. The van der Waals surface area contributed by atoms with E-state index in [-0.39, 0.29) is 0 Å². The van der Waals surface area contributed by atoms with Crippen LogP contribution in [0.1, 0.15) is 31.0 Å².